The highest BCUT2D eigenvalue weighted by Crippen LogP contribution is 2.43. The van der Waals surface area contributed by atoms with Gasteiger partial charge < -0.3 is 4.74 Å². The van der Waals surface area contributed by atoms with E-state index in [0.29, 0.717) is 23.5 Å². The van der Waals surface area contributed by atoms with Crippen LogP contribution in [0.15, 0.2) is 0 Å². The largest absolute Gasteiger partial charge is 0.374 e. The minimum Gasteiger partial charge on any atom is -0.374 e. The zero-order chi connectivity index (χ0) is 8.65. The van der Waals surface area contributed by atoms with Crippen molar-refractivity contribution in [3.8, 4) is 0 Å². The van der Waals surface area contributed by atoms with Crippen molar-refractivity contribution in [2.24, 2.45) is 11.3 Å². The van der Waals surface area contributed by atoms with Crippen LogP contribution in [0, 0.1) is 11.3 Å². The first kappa shape index (κ1) is 9.05. The highest BCUT2D eigenvalue weighted by Gasteiger charge is 2.44. The predicted molar refractivity (Wildman–Crippen MR) is 47.6 cm³/mol. The molecule has 0 amide bonds. The first-order chi connectivity index (χ1) is 5.00. The van der Waals surface area contributed by atoms with Crippen LogP contribution >= 0.6 is 0 Å². The fourth-order valence-corrected chi connectivity index (χ4v) is 1.85. The summed E-state index contributed by atoms with van der Waals surface area (Å²) >= 11 is 0. The number of rotatable bonds is 1. The summed E-state index contributed by atoms with van der Waals surface area (Å²) in [5.74, 6) is 0.697. The van der Waals surface area contributed by atoms with E-state index < -0.39 is 0 Å². The van der Waals surface area contributed by atoms with Gasteiger partial charge in [-0.25, -0.2) is 0 Å². The van der Waals surface area contributed by atoms with Crippen LogP contribution in [0.4, 0.5) is 0 Å². The van der Waals surface area contributed by atoms with Crippen LogP contribution in [0.1, 0.15) is 41.0 Å². The van der Waals surface area contributed by atoms with Gasteiger partial charge in [0.15, 0.2) is 0 Å². The molecule has 1 aliphatic rings. The summed E-state index contributed by atoms with van der Waals surface area (Å²) < 4.78 is 5.84. The van der Waals surface area contributed by atoms with Crippen molar-refractivity contribution < 1.29 is 4.74 Å². The number of ether oxygens (including phenoxy) is 1. The van der Waals surface area contributed by atoms with Gasteiger partial charge in [0.25, 0.3) is 0 Å². The molecule has 1 heterocycles. The summed E-state index contributed by atoms with van der Waals surface area (Å²) in [5.41, 5.74) is 0.362. The maximum Gasteiger partial charge on any atom is 0.0608 e. The van der Waals surface area contributed by atoms with Gasteiger partial charge in [0, 0.05) is 0 Å². The molecule has 1 nitrogen and oxygen atoms in total. The fourth-order valence-electron chi connectivity index (χ4n) is 1.85. The monoisotopic (exact) mass is 156 g/mol. The Morgan fingerprint density at radius 2 is 1.82 bits per heavy atom. The molecule has 11 heavy (non-hydrogen) atoms. The molecule has 0 N–H and O–H groups in total. The quantitative estimate of drug-likeness (QED) is 0.567. The molecule has 1 heteroatoms. The van der Waals surface area contributed by atoms with Crippen LogP contribution in [0.5, 0.6) is 0 Å². The van der Waals surface area contributed by atoms with Crippen molar-refractivity contribution in [3.63, 3.8) is 0 Å². The molecule has 1 fully saturated rings. The lowest BCUT2D eigenvalue weighted by atomic mass is 9.76. The third kappa shape index (κ3) is 1.31. The Morgan fingerprint density at radius 3 is 2.00 bits per heavy atom. The molecular weight excluding hydrogens is 136 g/mol. The third-order valence-corrected chi connectivity index (χ3v) is 3.56. The zero-order valence-corrected chi connectivity index (χ0v) is 8.35. The summed E-state index contributed by atoms with van der Waals surface area (Å²) in [6.07, 6.45) is 2.05. The lowest BCUT2D eigenvalue weighted by Crippen LogP contribution is -2.27. The smallest absolute Gasteiger partial charge is 0.0608 e. The molecule has 0 spiro atoms. The molecule has 3 atom stereocenters. The summed E-state index contributed by atoms with van der Waals surface area (Å²) in [6, 6.07) is 0. The summed E-state index contributed by atoms with van der Waals surface area (Å²) in [6.45, 7) is 11.3. The highest BCUT2D eigenvalue weighted by molar-refractivity contribution is 4.91. The molecule has 1 aliphatic heterocycles. The van der Waals surface area contributed by atoms with Gasteiger partial charge in [0.1, 0.15) is 0 Å². The number of hydrogen-bond acceptors (Lipinski definition) is 1. The molecule has 0 aliphatic carbocycles. The van der Waals surface area contributed by atoms with E-state index in [1.165, 1.54) is 0 Å². The van der Waals surface area contributed by atoms with Gasteiger partial charge in [0.2, 0.25) is 0 Å². The molecule has 0 aromatic rings. The molecule has 66 valence electrons. The Kier molecular flexibility index (Phi) is 2.29. The van der Waals surface area contributed by atoms with Crippen LogP contribution in [0.2, 0.25) is 0 Å². The standard InChI is InChI=1S/C10H20O/c1-6-9-7(2)10(4,5)8(3)11-9/h7-9H,6H2,1-5H3/t7-,8?,9-/m1/s1. The predicted octanol–water partition coefficient (Wildman–Crippen LogP) is 2.85. The Morgan fingerprint density at radius 1 is 1.27 bits per heavy atom. The molecule has 1 saturated heterocycles. The van der Waals surface area contributed by atoms with E-state index in [1.54, 1.807) is 0 Å². The second-order valence-corrected chi connectivity index (χ2v) is 4.34. The second kappa shape index (κ2) is 2.78. The second-order valence-electron chi connectivity index (χ2n) is 4.34. The van der Waals surface area contributed by atoms with E-state index in [9.17, 15) is 0 Å². The minimum atomic E-state index is 0.362. The minimum absolute atomic E-state index is 0.362. The van der Waals surface area contributed by atoms with Crippen molar-refractivity contribution in [2.75, 3.05) is 0 Å². The van der Waals surface area contributed by atoms with Gasteiger partial charge >= 0.3 is 0 Å². The number of hydrogen-bond donors (Lipinski definition) is 0. The molecule has 1 unspecified atom stereocenters. The van der Waals surface area contributed by atoms with E-state index >= 15 is 0 Å². The Bertz CT molecular complexity index is 140. The van der Waals surface area contributed by atoms with Crippen LogP contribution in [-0.4, -0.2) is 12.2 Å². The van der Waals surface area contributed by atoms with Gasteiger partial charge in [-0.15, -0.1) is 0 Å². The van der Waals surface area contributed by atoms with E-state index in [4.69, 9.17) is 4.74 Å². The summed E-state index contributed by atoms with van der Waals surface area (Å²) in [4.78, 5) is 0. The summed E-state index contributed by atoms with van der Waals surface area (Å²) in [7, 11) is 0. The van der Waals surface area contributed by atoms with Crippen molar-refractivity contribution in [1.82, 2.24) is 0 Å². The normalized spacial score (nSPS) is 42.8. The molecule has 0 saturated carbocycles. The molecular formula is C10H20O. The van der Waals surface area contributed by atoms with Crippen LogP contribution in [-0.2, 0) is 4.74 Å². The fraction of sp³-hybridized carbons (Fsp3) is 1.00. The average Bonchev–Trinajstić information content (AvgIpc) is 2.14. The van der Waals surface area contributed by atoms with Crippen molar-refractivity contribution in [1.29, 1.82) is 0 Å². The Balaban J connectivity index is 2.71. The Hall–Kier alpha value is -0.0400. The maximum atomic E-state index is 5.84. The van der Waals surface area contributed by atoms with E-state index in [0.717, 1.165) is 6.42 Å². The zero-order valence-electron chi connectivity index (χ0n) is 8.35. The first-order valence-corrected chi connectivity index (χ1v) is 4.65. The van der Waals surface area contributed by atoms with Gasteiger partial charge in [-0.2, -0.15) is 0 Å². The molecule has 0 aromatic carbocycles. The van der Waals surface area contributed by atoms with Crippen molar-refractivity contribution in [3.05, 3.63) is 0 Å². The van der Waals surface area contributed by atoms with Crippen LogP contribution in [0.3, 0.4) is 0 Å². The lowest BCUT2D eigenvalue weighted by molar-refractivity contribution is 0.0291. The summed E-state index contributed by atoms with van der Waals surface area (Å²) in [5, 5.41) is 0. The van der Waals surface area contributed by atoms with E-state index in [-0.39, 0.29) is 0 Å². The van der Waals surface area contributed by atoms with Crippen molar-refractivity contribution in [2.45, 2.75) is 53.2 Å². The molecule has 0 bridgehead atoms. The van der Waals surface area contributed by atoms with Gasteiger partial charge in [-0.05, 0) is 24.7 Å². The SMILES string of the molecule is CC[C@H]1OC(C)C(C)(C)[C@@H]1C. The van der Waals surface area contributed by atoms with Crippen LogP contribution < -0.4 is 0 Å². The Labute approximate surface area is 70.1 Å². The van der Waals surface area contributed by atoms with E-state index in [2.05, 4.69) is 34.6 Å². The van der Waals surface area contributed by atoms with E-state index in [1.807, 2.05) is 0 Å². The topological polar surface area (TPSA) is 9.23 Å². The maximum absolute atomic E-state index is 5.84. The lowest BCUT2D eigenvalue weighted by Gasteiger charge is -2.26. The van der Waals surface area contributed by atoms with Gasteiger partial charge in [-0.3, -0.25) is 0 Å². The molecule has 0 aromatic heterocycles. The molecule has 1 rings (SSSR count). The first-order valence-electron chi connectivity index (χ1n) is 4.65. The van der Waals surface area contributed by atoms with Gasteiger partial charge in [0.05, 0.1) is 12.2 Å². The average molecular weight is 156 g/mol. The molecule has 0 radical (unpaired) electrons. The van der Waals surface area contributed by atoms with Gasteiger partial charge in [-0.1, -0.05) is 27.7 Å². The van der Waals surface area contributed by atoms with Crippen molar-refractivity contribution >= 4 is 0 Å². The third-order valence-electron chi connectivity index (χ3n) is 3.56. The van der Waals surface area contributed by atoms with Crippen LogP contribution in [0.25, 0.3) is 0 Å². The highest BCUT2D eigenvalue weighted by atomic mass is 16.5.